The largest absolute Gasteiger partial charge is 0.476 e. The maximum atomic E-state index is 10.9. The van der Waals surface area contributed by atoms with Gasteiger partial charge in [-0.15, -0.1) is 11.3 Å². The molecule has 0 amide bonds. The average Bonchev–Trinajstić information content (AvgIpc) is 2.71. The van der Waals surface area contributed by atoms with Crippen molar-refractivity contribution in [3.05, 3.63) is 21.6 Å². The zero-order chi connectivity index (χ0) is 11.0. The van der Waals surface area contributed by atoms with Crippen molar-refractivity contribution in [2.75, 3.05) is 5.73 Å². The Morgan fingerprint density at radius 3 is 2.87 bits per heavy atom. The second kappa shape index (κ2) is 3.67. The molecule has 0 radical (unpaired) electrons. The number of H-pyrrole nitrogens is 1. The number of nitrogens with zero attached hydrogens (tertiary/aromatic N) is 1. The van der Waals surface area contributed by atoms with Crippen LogP contribution in [0, 0.1) is 0 Å². The number of imidazole rings is 1. The van der Waals surface area contributed by atoms with Crippen molar-refractivity contribution < 1.29 is 9.90 Å². The molecule has 5 nitrogen and oxygen atoms in total. The van der Waals surface area contributed by atoms with E-state index in [0.29, 0.717) is 5.69 Å². The fourth-order valence-electron chi connectivity index (χ4n) is 1.17. The molecule has 0 fully saturated rings. The monoisotopic (exact) mass is 287 g/mol. The van der Waals surface area contributed by atoms with Crippen molar-refractivity contribution in [1.82, 2.24) is 9.97 Å². The minimum Gasteiger partial charge on any atom is -0.476 e. The van der Waals surface area contributed by atoms with Crippen LogP contribution in [0.4, 0.5) is 5.95 Å². The molecule has 78 valence electrons. The van der Waals surface area contributed by atoms with Gasteiger partial charge in [-0.05, 0) is 28.1 Å². The number of rotatable bonds is 2. The maximum Gasteiger partial charge on any atom is 0.356 e. The number of aromatic nitrogens is 2. The number of hydrogen-bond donors (Lipinski definition) is 3. The molecule has 2 heterocycles. The normalized spacial score (nSPS) is 10.5. The van der Waals surface area contributed by atoms with E-state index in [2.05, 4.69) is 25.9 Å². The number of nitrogens with one attached hydrogen (secondary N) is 1. The van der Waals surface area contributed by atoms with Crippen molar-refractivity contribution in [3.8, 4) is 10.6 Å². The quantitative estimate of drug-likeness (QED) is 0.789. The molecule has 0 aliphatic rings. The van der Waals surface area contributed by atoms with Crippen LogP contribution in [0.5, 0.6) is 0 Å². The average molecular weight is 288 g/mol. The van der Waals surface area contributed by atoms with Crippen molar-refractivity contribution >= 4 is 39.2 Å². The molecular weight excluding hydrogens is 282 g/mol. The first-order valence-electron chi connectivity index (χ1n) is 3.92. The molecular formula is C8H6BrN3O2S. The summed E-state index contributed by atoms with van der Waals surface area (Å²) in [6.07, 6.45) is 0. The third-order valence-corrected chi connectivity index (χ3v) is 3.39. The lowest BCUT2D eigenvalue weighted by atomic mass is 10.3. The summed E-state index contributed by atoms with van der Waals surface area (Å²) < 4.78 is 0.919. The molecule has 2 aromatic rings. The predicted molar refractivity (Wildman–Crippen MR) is 61.0 cm³/mol. The number of aromatic carboxylic acids is 1. The highest BCUT2D eigenvalue weighted by molar-refractivity contribution is 9.11. The van der Waals surface area contributed by atoms with E-state index in [0.717, 1.165) is 8.66 Å². The Kier molecular flexibility index (Phi) is 2.49. The molecule has 0 atom stereocenters. The highest BCUT2D eigenvalue weighted by Gasteiger charge is 2.18. The lowest BCUT2D eigenvalue weighted by Crippen LogP contribution is -1.98. The number of anilines is 1. The Labute approximate surface area is 97.1 Å². The minimum atomic E-state index is -1.09. The molecule has 4 N–H and O–H groups in total. The summed E-state index contributed by atoms with van der Waals surface area (Å²) in [5.74, 6) is -0.991. The number of aromatic amines is 1. The van der Waals surface area contributed by atoms with E-state index in [1.165, 1.54) is 11.3 Å². The van der Waals surface area contributed by atoms with Crippen LogP contribution < -0.4 is 5.73 Å². The number of carboxylic acids is 1. The lowest BCUT2D eigenvalue weighted by Gasteiger charge is -1.93. The topological polar surface area (TPSA) is 92.0 Å². The van der Waals surface area contributed by atoms with Gasteiger partial charge in [-0.25, -0.2) is 9.78 Å². The number of halogens is 1. The first kappa shape index (κ1) is 10.2. The number of nitrogens with two attached hydrogens (primary N) is 1. The lowest BCUT2D eigenvalue weighted by molar-refractivity contribution is 0.0692. The molecule has 15 heavy (non-hydrogen) atoms. The molecule has 0 aliphatic heterocycles. The first-order valence-corrected chi connectivity index (χ1v) is 5.53. The van der Waals surface area contributed by atoms with Gasteiger partial charge in [0.25, 0.3) is 0 Å². The second-order valence-electron chi connectivity index (χ2n) is 2.75. The summed E-state index contributed by atoms with van der Waals surface area (Å²) >= 11 is 4.72. The summed E-state index contributed by atoms with van der Waals surface area (Å²) in [5.41, 5.74) is 5.81. The molecule has 0 spiro atoms. The molecule has 0 saturated heterocycles. The Hall–Kier alpha value is -1.34. The fourth-order valence-corrected chi connectivity index (χ4v) is 2.56. The SMILES string of the molecule is Nc1nc(C(=O)O)c(-c2ccc(Br)s2)[nH]1. The fraction of sp³-hybridized carbons (Fsp3) is 0. The third-order valence-electron chi connectivity index (χ3n) is 1.74. The van der Waals surface area contributed by atoms with E-state index < -0.39 is 5.97 Å². The van der Waals surface area contributed by atoms with Crippen LogP contribution in [0.15, 0.2) is 15.9 Å². The second-order valence-corrected chi connectivity index (χ2v) is 5.22. The smallest absolute Gasteiger partial charge is 0.356 e. The van der Waals surface area contributed by atoms with Gasteiger partial charge in [0.05, 0.1) is 14.4 Å². The van der Waals surface area contributed by atoms with Crippen molar-refractivity contribution in [2.24, 2.45) is 0 Å². The van der Waals surface area contributed by atoms with E-state index in [1.54, 1.807) is 6.07 Å². The highest BCUT2D eigenvalue weighted by atomic mass is 79.9. The Morgan fingerprint density at radius 1 is 1.60 bits per heavy atom. The summed E-state index contributed by atoms with van der Waals surface area (Å²) in [5, 5.41) is 8.90. The summed E-state index contributed by atoms with van der Waals surface area (Å²) in [6, 6.07) is 3.64. The van der Waals surface area contributed by atoms with E-state index in [4.69, 9.17) is 10.8 Å². The van der Waals surface area contributed by atoms with Crippen LogP contribution in [0.1, 0.15) is 10.5 Å². The maximum absolute atomic E-state index is 10.9. The van der Waals surface area contributed by atoms with Gasteiger partial charge in [0.1, 0.15) is 0 Å². The van der Waals surface area contributed by atoms with Crippen LogP contribution in [-0.2, 0) is 0 Å². The standard InChI is InChI=1S/C8H6BrN3O2S/c9-4-2-1-3(15-4)5-6(7(13)14)12-8(10)11-5/h1-2H,(H,13,14)(H3,10,11,12). The van der Waals surface area contributed by atoms with Crippen LogP contribution in [-0.4, -0.2) is 21.0 Å². The summed E-state index contributed by atoms with van der Waals surface area (Å²) in [4.78, 5) is 18.1. The van der Waals surface area contributed by atoms with Gasteiger partial charge >= 0.3 is 5.97 Å². The summed E-state index contributed by atoms with van der Waals surface area (Å²) in [6.45, 7) is 0. The van der Waals surface area contributed by atoms with Crippen molar-refractivity contribution in [3.63, 3.8) is 0 Å². The van der Waals surface area contributed by atoms with Crippen LogP contribution >= 0.6 is 27.3 Å². The molecule has 2 rings (SSSR count). The van der Waals surface area contributed by atoms with Crippen molar-refractivity contribution in [1.29, 1.82) is 0 Å². The number of carboxylic acid groups (broad SMARTS) is 1. The zero-order valence-electron chi connectivity index (χ0n) is 7.32. The zero-order valence-corrected chi connectivity index (χ0v) is 9.72. The Balaban J connectivity index is 2.56. The van der Waals surface area contributed by atoms with Crippen LogP contribution in [0.2, 0.25) is 0 Å². The van der Waals surface area contributed by atoms with E-state index in [1.807, 2.05) is 6.07 Å². The van der Waals surface area contributed by atoms with E-state index in [-0.39, 0.29) is 11.6 Å². The van der Waals surface area contributed by atoms with Gasteiger partial charge in [0.2, 0.25) is 0 Å². The summed E-state index contributed by atoms with van der Waals surface area (Å²) in [7, 11) is 0. The van der Waals surface area contributed by atoms with Gasteiger partial charge in [-0.1, -0.05) is 0 Å². The number of nitrogen functional groups attached to an aromatic ring is 1. The number of carbonyl (C=O) groups is 1. The van der Waals surface area contributed by atoms with Gasteiger partial charge < -0.3 is 15.8 Å². The molecule has 7 heteroatoms. The van der Waals surface area contributed by atoms with Crippen molar-refractivity contribution in [2.45, 2.75) is 0 Å². The predicted octanol–water partition coefficient (Wildman–Crippen LogP) is 2.18. The van der Waals surface area contributed by atoms with Crippen LogP contribution in [0.25, 0.3) is 10.6 Å². The molecule has 0 bridgehead atoms. The van der Waals surface area contributed by atoms with E-state index in [9.17, 15) is 4.79 Å². The van der Waals surface area contributed by atoms with Crippen LogP contribution in [0.3, 0.4) is 0 Å². The molecule has 0 saturated carbocycles. The van der Waals surface area contributed by atoms with Gasteiger partial charge in [-0.3, -0.25) is 0 Å². The third kappa shape index (κ3) is 1.88. The molecule has 0 aromatic carbocycles. The van der Waals surface area contributed by atoms with Gasteiger partial charge in [-0.2, -0.15) is 0 Å². The Morgan fingerprint density at radius 2 is 2.33 bits per heavy atom. The van der Waals surface area contributed by atoms with Gasteiger partial charge in [0.15, 0.2) is 11.6 Å². The number of hydrogen-bond acceptors (Lipinski definition) is 4. The van der Waals surface area contributed by atoms with Gasteiger partial charge in [0, 0.05) is 0 Å². The minimum absolute atomic E-state index is 0.0538. The molecule has 2 aromatic heterocycles. The molecule has 0 aliphatic carbocycles. The highest BCUT2D eigenvalue weighted by Crippen LogP contribution is 2.32. The Bertz CT molecular complexity index is 520. The van der Waals surface area contributed by atoms with E-state index >= 15 is 0 Å². The molecule has 0 unspecified atom stereocenters. The first-order chi connectivity index (χ1) is 7.08. The number of thiophene rings is 1.